The highest BCUT2D eigenvalue weighted by Gasteiger charge is 2.15. The Morgan fingerprint density at radius 2 is 2.18 bits per heavy atom. The van der Waals surface area contributed by atoms with E-state index in [2.05, 4.69) is 31.4 Å². The molecule has 7 heteroatoms. The number of benzene rings is 1. The van der Waals surface area contributed by atoms with Gasteiger partial charge in [-0.05, 0) is 47.5 Å². The molecule has 0 aliphatic heterocycles. The van der Waals surface area contributed by atoms with Crippen LogP contribution in [0.4, 0.5) is 0 Å². The number of nitrogens with one attached hydrogen (secondary N) is 2. The SMILES string of the molecule is CCOc1ccc(CNC(=O)c2n[nH]c(C)c2Br)cc1OC. The van der Waals surface area contributed by atoms with Crippen LogP contribution in [0.5, 0.6) is 11.5 Å². The maximum absolute atomic E-state index is 12.1. The topological polar surface area (TPSA) is 76.2 Å². The molecule has 0 bridgehead atoms. The summed E-state index contributed by atoms with van der Waals surface area (Å²) in [5.41, 5.74) is 2.07. The molecule has 0 aliphatic carbocycles. The standard InChI is InChI=1S/C15H18BrN3O3/c1-4-22-11-6-5-10(7-12(11)21-3)8-17-15(20)14-13(16)9(2)18-19-14/h5-7H,4,8H2,1-3H3,(H,17,20)(H,18,19). The first-order valence-electron chi connectivity index (χ1n) is 6.85. The minimum Gasteiger partial charge on any atom is -0.493 e. The van der Waals surface area contributed by atoms with Gasteiger partial charge in [-0.25, -0.2) is 0 Å². The summed E-state index contributed by atoms with van der Waals surface area (Å²) in [6.07, 6.45) is 0. The predicted molar refractivity (Wildman–Crippen MR) is 86.4 cm³/mol. The first-order valence-corrected chi connectivity index (χ1v) is 7.64. The summed E-state index contributed by atoms with van der Waals surface area (Å²) >= 11 is 3.34. The number of aryl methyl sites for hydroxylation is 1. The number of carbonyl (C=O) groups is 1. The van der Waals surface area contributed by atoms with Crippen LogP contribution in [0.25, 0.3) is 0 Å². The van der Waals surface area contributed by atoms with E-state index in [-0.39, 0.29) is 5.91 Å². The van der Waals surface area contributed by atoms with Gasteiger partial charge in [-0.2, -0.15) is 5.10 Å². The van der Waals surface area contributed by atoms with Gasteiger partial charge in [-0.1, -0.05) is 6.07 Å². The molecule has 0 aliphatic rings. The van der Waals surface area contributed by atoms with Crippen LogP contribution in [0.3, 0.4) is 0 Å². The summed E-state index contributed by atoms with van der Waals surface area (Å²) in [5, 5.41) is 9.56. The minimum absolute atomic E-state index is 0.246. The van der Waals surface area contributed by atoms with Gasteiger partial charge in [0.25, 0.3) is 5.91 Å². The molecule has 0 atom stereocenters. The molecule has 118 valence electrons. The Kier molecular flexibility index (Phi) is 5.43. The predicted octanol–water partition coefficient (Wildman–Crippen LogP) is 2.82. The molecule has 0 fully saturated rings. The fourth-order valence-corrected chi connectivity index (χ4v) is 2.29. The Labute approximate surface area is 137 Å². The maximum atomic E-state index is 12.1. The molecule has 0 unspecified atom stereocenters. The number of ether oxygens (including phenoxy) is 2. The number of hydrogen-bond donors (Lipinski definition) is 2. The third kappa shape index (κ3) is 3.59. The fraction of sp³-hybridized carbons (Fsp3) is 0.333. The molecule has 0 radical (unpaired) electrons. The molecular formula is C15H18BrN3O3. The number of aromatic nitrogens is 2. The van der Waals surface area contributed by atoms with Gasteiger partial charge in [0.1, 0.15) is 0 Å². The molecular weight excluding hydrogens is 350 g/mol. The Morgan fingerprint density at radius 1 is 1.41 bits per heavy atom. The second-order valence-electron chi connectivity index (χ2n) is 4.61. The molecule has 1 aromatic heterocycles. The van der Waals surface area contributed by atoms with Gasteiger partial charge in [0.15, 0.2) is 17.2 Å². The summed E-state index contributed by atoms with van der Waals surface area (Å²) in [6.45, 7) is 4.70. The number of rotatable bonds is 6. The highest BCUT2D eigenvalue weighted by Crippen LogP contribution is 2.28. The quantitative estimate of drug-likeness (QED) is 0.822. The van der Waals surface area contributed by atoms with E-state index in [9.17, 15) is 4.79 Å². The number of methoxy groups -OCH3 is 1. The lowest BCUT2D eigenvalue weighted by Gasteiger charge is -2.11. The summed E-state index contributed by atoms with van der Waals surface area (Å²) in [7, 11) is 1.59. The van der Waals surface area contributed by atoms with Crippen LogP contribution in [0.2, 0.25) is 0 Å². The van der Waals surface area contributed by atoms with Crippen molar-refractivity contribution in [3.8, 4) is 11.5 Å². The van der Waals surface area contributed by atoms with E-state index in [1.54, 1.807) is 7.11 Å². The largest absolute Gasteiger partial charge is 0.493 e. The van der Waals surface area contributed by atoms with Crippen LogP contribution in [0, 0.1) is 6.92 Å². The van der Waals surface area contributed by atoms with Crippen molar-refractivity contribution in [3.05, 3.63) is 39.6 Å². The van der Waals surface area contributed by atoms with Crippen LogP contribution < -0.4 is 14.8 Å². The normalized spacial score (nSPS) is 10.4. The van der Waals surface area contributed by atoms with E-state index in [1.807, 2.05) is 32.0 Å². The van der Waals surface area contributed by atoms with Crippen molar-refractivity contribution < 1.29 is 14.3 Å². The highest BCUT2D eigenvalue weighted by atomic mass is 79.9. The monoisotopic (exact) mass is 367 g/mol. The zero-order valence-corrected chi connectivity index (χ0v) is 14.3. The number of H-pyrrole nitrogens is 1. The molecule has 2 aromatic rings. The molecule has 22 heavy (non-hydrogen) atoms. The van der Waals surface area contributed by atoms with Crippen LogP contribution in [0.15, 0.2) is 22.7 Å². The Morgan fingerprint density at radius 3 is 2.77 bits per heavy atom. The molecule has 0 saturated heterocycles. The second-order valence-corrected chi connectivity index (χ2v) is 5.41. The summed E-state index contributed by atoms with van der Waals surface area (Å²) in [6, 6.07) is 5.56. The smallest absolute Gasteiger partial charge is 0.273 e. The third-order valence-electron chi connectivity index (χ3n) is 3.07. The number of halogens is 1. The second kappa shape index (κ2) is 7.31. The van der Waals surface area contributed by atoms with E-state index in [1.165, 1.54) is 0 Å². The lowest BCUT2D eigenvalue weighted by Crippen LogP contribution is -2.23. The van der Waals surface area contributed by atoms with Crippen LogP contribution >= 0.6 is 15.9 Å². The molecule has 1 amide bonds. The average Bonchev–Trinajstić information content (AvgIpc) is 2.86. The van der Waals surface area contributed by atoms with Crippen molar-refractivity contribution in [3.63, 3.8) is 0 Å². The fourth-order valence-electron chi connectivity index (χ4n) is 1.93. The van der Waals surface area contributed by atoms with Crippen LogP contribution in [-0.4, -0.2) is 29.8 Å². The summed E-state index contributed by atoms with van der Waals surface area (Å²) in [5.74, 6) is 1.08. The van der Waals surface area contributed by atoms with Gasteiger partial charge in [0.05, 0.1) is 18.2 Å². The van der Waals surface area contributed by atoms with Gasteiger partial charge in [0.2, 0.25) is 0 Å². The number of nitrogens with zero attached hydrogens (tertiary/aromatic N) is 1. The lowest BCUT2D eigenvalue weighted by atomic mass is 10.2. The van der Waals surface area contributed by atoms with E-state index >= 15 is 0 Å². The van der Waals surface area contributed by atoms with Crippen molar-refractivity contribution in [2.75, 3.05) is 13.7 Å². The van der Waals surface area contributed by atoms with Gasteiger partial charge in [-0.3, -0.25) is 9.89 Å². The summed E-state index contributed by atoms with van der Waals surface area (Å²) < 4.78 is 11.4. The Balaban J connectivity index is 2.05. The highest BCUT2D eigenvalue weighted by molar-refractivity contribution is 9.10. The minimum atomic E-state index is -0.246. The first-order chi connectivity index (χ1) is 10.6. The number of carbonyl (C=O) groups excluding carboxylic acids is 1. The van der Waals surface area contributed by atoms with Gasteiger partial charge < -0.3 is 14.8 Å². The van der Waals surface area contributed by atoms with Crippen molar-refractivity contribution in [2.24, 2.45) is 0 Å². The molecule has 2 rings (SSSR count). The first kappa shape index (κ1) is 16.4. The van der Waals surface area contributed by atoms with Crippen molar-refractivity contribution in [1.82, 2.24) is 15.5 Å². The van der Waals surface area contributed by atoms with Crippen molar-refractivity contribution in [2.45, 2.75) is 20.4 Å². The van der Waals surface area contributed by atoms with Gasteiger partial charge in [0, 0.05) is 12.2 Å². The van der Waals surface area contributed by atoms with E-state index in [4.69, 9.17) is 9.47 Å². The molecule has 0 saturated carbocycles. The number of aromatic amines is 1. The summed E-state index contributed by atoms with van der Waals surface area (Å²) in [4.78, 5) is 12.1. The van der Waals surface area contributed by atoms with E-state index < -0.39 is 0 Å². The van der Waals surface area contributed by atoms with Crippen LogP contribution in [0.1, 0.15) is 28.7 Å². The zero-order valence-electron chi connectivity index (χ0n) is 12.7. The van der Waals surface area contributed by atoms with Crippen molar-refractivity contribution >= 4 is 21.8 Å². The number of hydrogen-bond acceptors (Lipinski definition) is 4. The van der Waals surface area contributed by atoms with Gasteiger partial charge in [-0.15, -0.1) is 0 Å². The molecule has 6 nitrogen and oxygen atoms in total. The third-order valence-corrected chi connectivity index (χ3v) is 4.04. The van der Waals surface area contributed by atoms with Crippen LogP contribution in [-0.2, 0) is 6.54 Å². The van der Waals surface area contributed by atoms with E-state index in [0.29, 0.717) is 34.8 Å². The molecule has 1 aromatic carbocycles. The van der Waals surface area contributed by atoms with Crippen molar-refractivity contribution in [1.29, 1.82) is 0 Å². The number of amides is 1. The average molecular weight is 368 g/mol. The Bertz CT molecular complexity index is 670. The molecule has 2 N–H and O–H groups in total. The van der Waals surface area contributed by atoms with E-state index in [0.717, 1.165) is 11.3 Å². The Hall–Kier alpha value is -2.02. The molecule has 0 spiro atoms. The van der Waals surface area contributed by atoms with Gasteiger partial charge >= 0.3 is 0 Å². The zero-order chi connectivity index (χ0) is 16.1. The lowest BCUT2D eigenvalue weighted by molar-refractivity contribution is 0.0945. The maximum Gasteiger partial charge on any atom is 0.273 e. The molecule has 1 heterocycles.